The number of rotatable bonds is 4. The zero-order valence-corrected chi connectivity index (χ0v) is 20.0. The van der Waals surface area contributed by atoms with Gasteiger partial charge in [-0.2, -0.15) is 0 Å². The summed E-state index contributed by atoms with van der Waals surface area (Å²) in [6.45, 7) is 6.06. The minimum absolute atomic E-state index is 0.0348. The first kappa shape index (κ1) is 23.8. The number of benzene rings is 1. The second-order valence-electron chi connectivity index (χ2n) is 8.38. The Balaban J connectivity index is 2.02. The molecule has 32 heavy (non-hydrogen) atoms. The maximum atomic E-state index is 13.1. The summed E-state index contributed by atoms with van der Waals surface area (Å²) in [6, 6.07) is 7.70. The number of carbonyl (C=O) groups excluding carboxylic acids is 1. The second-order valence-corrected chi connectivity index (χ2v) is 9.34. The van der Waals surface area contributed by atoms with Crippen LogP contribution in [0.5, 0.6) is 5.88 Å². The van der Waals surface area contributed by atoms with Crippen LogP contribution >= 0.6 is 11.8 Å². The van der Waals surface area contributed by atoms with Crippen LogP contribution in [0.4, 0.5) is 5.69 Å². The van der Waals surface area contributed by atoms with Gasteiger partial charge in [0, 0.05) is 26.2 Å². The molecule has 0 aliphatic carbocycles. The molecule has 1 N–H and O–H groups in total. The van der Waals surface area contributed by atoms with Gasteiger partial charge < -0.3 is 10.0 Å². The number of hydrogen-bond donors (Lipinski definition) is 1. The number of aliphatic imine (C=N–C) groups is 1. The van der Waals surface area contributed by atoms with Crippen molar-refractivity contribution in [3.8, 4) is 5.88 Å². The molecule has 1 amide bonds. The lowest BCUT2D eigenvalue weighted by atomic mass is 9.98. The summed E-state index contributed by atoms with van der Waals surface area (Å²) in [5, 5.41) is 10.8. The Morgan fingerprint density at radius 2 is 1.69 bits per heavy atom. The van der Waals surface area contributed by atoms with E-state index in [0.29, 0.717) is 5.69 Å². The fourth-order valence-corrected chi connectivity index (χ4v) is 4.94. The van der Waals surface area contributed by atoms with Crippen molar-refractivity contribution in [3.05, 3.63) is 56.2 Å². The van der Waals surface area contributed by atoms with E-state index in [4.69, 9.17) is 0 Å². The van der Waals surface area contributed by atoms with Crippen molar-refractivity contribution in [2.24, 2.45) is 19.1 Å². The molecule has 172 valence electrons. The number of aryl methyl sites for hydroxylation is 1. The predicted molar refractivity (Wildman–Crippen MR) is 128 cm³/mol. The van der Waals surface area contributed by atoms with Crippen molar-refractivity contribution in [1.82, 2.24) is 14.0 Å². The number of piperidine rings is 1. The summed E-state index contributed by atoms with van der Waals surface area (Å²) in [4.78, 5) is 44.6. The molecular formula is C23H30N4O4S. The Bertz CT molecular complexity index is 1140. The van der Waals surface area contributed by atoms with Gasteiger partial charge >= 0.3 is 5.69 Å². The Labute approximate surface area is 191 Å². The molecule has 0 spiro atoms. The first-order chi connectivity index (χ1) is 15.1. The van der Waals surface area contributed by atoms with Gasteiger partial charge in [0.2, 0.25) is 11.8 Å². The highest BCUT2D eigenvalue weighted by Crippen LogP contribution is 2.26. The number of thioether (sulfide) groups is 1. The lowest BCUT2D eigenvalue weighted by Crippen LogP contribution is -2.48. The molecule has 3 rings (SSSR count). The third-order valence-electron chi connectivity index (χ3n) is 5.93. The van der Waals surface area contributed by atoms with Crippen LogP contribution in [0, 0.1) is 6.92 Å². The molecule has 0 saturated carbocycles. The molecule has 1 aromatic heterocycles. The fraction of sp³-hybridized carbons (Fsp3) is 0.478. The molecule has 2 heterocycles. The van der Waals surface area contributed by atoms with Gasteiger partial charge in [0.1, 0.15) is 10.6 Å². The number of hydrogen-bond acceptors (Lipinski definition) is 6. The number of likely N-dealkylation sites (tertiary alicyclic amines) is 1. The summed E-state index contributed by atoms with van der Waals surface area (Å²) >= 11 is 1.10. The lowest BCUT2D eigenvalue weighted by molar-refractivity contribution is -0.134. The van der Waals surface area contributed by atoms with Gasteiger partial charge in [-0.25, -0.2) is 9.79 Å². The highest BCUT2D eigenvalue weighted by atomic mass is 32.2. The van der Waals surface area contributed by atoms with E-state index in [1.807, 2.05) is 37.8 Å². The molecule has 1 aliphatic heterocycles. The van der Waals surface area contributed by atoms with E-state index < -0.39 is 17.1 Å². The molecule has 0 bridgehead atoms. The molecule has 8 nitrogen and oxygen atoms in total. The van der Waals surface area contributed by atoms with Crippen LogP contribution in [-0.4, -0.2) is 47.9 Å². The minimum Gasteiger partial charge on any atom is -0.494 e. The topological polar surface area (TPSA) is 96.9 Å². The fourth-order valence-electron chi connectivity index (χ4n) is 4.04. The van der Waals surface area contributed by atoms with Crippen molar-refractivity contribution in [1.29, 1.82) is 0 Å². The molecule has 2 aromatic rings. The molecule has 9 heteroatoms. The van der Waals surface area contributed by atoms with E-state index in [0.717, 1.165) is 45.7 Å². The monoisotopic (exact) mass is 458 g/mol. The zero-order valence-electron chi connectivity index (χ0n) is 19.2. The molecule has 1 aliphatic rings. The first-order valence-corrected chi connectivity index (χ1v) is 11.7. The normalized spacial score (nSPS) is 19.3. The van der Waals surface area contributed by atoms with Gasteiger partial charge in [0.15, 0.2) is 0 Å². The summed E-state index contributed by atoms with van der Waals surface area (Å²) in [5.74, 6) is -0.429. The van der Waals surface area contributed by atoms with Crippen molar-refractivity contribution in [2.45, 2.75) is 52.1 Å². The van der Waals surface area contributed by atoms with E-state index in [1.54, 1.807) is 12.1 Å². The third-order valence-corrected chi connectivity index (χ3v) is 6.89. The van der Waals surface area contributed by atoms with Crippen LogP contribution in [0.2, 0.25) is 0 Å². The van der Waals surface area contributed by atoms with Crippen LogP contribution in [0.1, 0.15) is 44.2 Å². The lowest BCUT2D eigenvalue weighted by Gasteiger charge is -2.39. The van der Waals surface area contributed by atoms with Crippen molar-refractivity contribution in [2.75, 3.05) is 5.75 Å². The SMILES string of the molecule is Cc1ccc(N=C(SCC(=O)N2[C@H](C)CCC[C@@H]2C)c2c(O)n(C)c(=O)n(C)c2=O)cc1. The van der Waals surface area contributed by atoms with E-state index >= 15 is 0 Å². The van der Waals surface area contributed by atoms with Crippen LogP contribution in [-0.2, 0) is 18.9 Å². The predicted octanol–water partition coefficient (Wildman–Crippen LogP) is 2.70. The largest absolute Gasteiger partial charge is 0.494 e. The molecule has 1 aromatic carbocycles. The molecule has 1 fully saturated rings. The standard InChI is InChI=1S/C23H30N4O4S/c1-14-9-11-17(12-10-14)24-20(19-21(29)25(4)23(31)26(5)22(19)30)32-13-18(28)27-15(2)7-6-8-16(27)3/h9-12,15-16,29H,6-8,13H2,1-5H3/t15-,16+. The summed E-state index contributed by atoms with van der Waals surface area (Å²) < 4.78 is 1.93. The second kappa shape index (κ2) is 9.77. The zero-order chi connectivity index (χ0) is 23.6. The molecule has 0 unspecified atom stereocenters. The first-order valence-electron chi connectivity index (χ1n) is 10.7. The van der Waals surface area contributed by atoms with Crippen LogP contribution in [0.3, 0.4) is 0 Å². The number of carbonyl (C=O) groups is 1. The highest BCUT2D eigenvalue weighted by molar-refractivity contribution is 8.15. The Morgan fingerprint density at radius 1 is 1.09 bits per heavy atom. The van der Waals surface area contributed by atoms with Crippen LogP contribution in [0.25, 0.3) is 0 Å². The summed E-state index contributed by atoms with van der Waals surface area (Å²) in [7, 11) is 2.74. The van der Waals surface area contributed by atoms with Crippen LogP contribution < -0.4 is 11.2 Å². The van der Waals surface area contributed by atoms with Gasteiger partial charge in [0.25, 0.3) is 5.56 Å². The average molecular weight is 459 g/mol. The number of aromatic hydroxyl groups is 1. The maximum absolute atomic E-state index is 13.1. The Hall–Kier alpha value is -2.81. The Morgan fingerprint density at radius 3 is 2.28 bits per heavy atom. The van der Waals surface area contributed by atoms with E-state index in [-0.39, 0.29) is 34.4 Å². The maximum Gasteiger partial charge on any atom is 0.333 e. The smallest absolute Gasteiger partial charge is 0.333 e. The Kier molecular flexibility index (Phi) is 7.28. The van der Waals surface area contributed by atoms with Crippen molar-refractivity contribution >= 4 is 28.4 Å². The van der Waals surface area contributed by atoms with Gasteiger partial charge in [0.05, 0.1) is 11.4 Å². The third kappa shape index (κ3) is 4.82. The van der Waals surface area contributed by atoms with Gasteiger partial charge in [-0.05, 0) is 52.2 Å². The van der Waals surface area contributed by atoms with E-state index in [9.17, 15) is 19.5 Å². The molecule has 1 saturated heterocycles. The number of nitrogens with zero attached hydrogens (tertiary/aromatic N) is 4. The van der Waals surface area contributed by atoms with E-state index in [1.165, 1.54) is 14.1 Å². The van der Waals surface area contributed by atoms with Crippen LogP contribution in [0.15, 0.2) is 38.8 Å². The molecule has 2 atom stereocenters. The summed E-state index contributed by atoms with van der Waals surface area (Å²) in [6.07, 6.45) is 3.03. The molecular weight excluding hydrogens is 428 g/mol. The van der Waals surface area contributed by atoms with E-state index in [2.05, 4.69) is 4.99 Å². The number of amides is 1. The van der Waals surface area contributed by atoms with Gasteiger partial charge in [-0.15, -0.1) is 0 Å². The van der Waals surface area contributed by atoms with Gasteiger partial charge in [-0.3, -0.25) is 18.7 Å². The highest BCUT2D eigenvalue weighted by Gasteiger charge is 2.30. The minimum atomic E-state index is -0.656. The van der Waals surface area contributed by atoms with Crippen molar-refractivity contribution < 1.29 is 9.90 Å². The quantitative estimate of drug-likeness (QED) is 0.561. The van der Waals surface area contributed by atoms with Crippen molar-refractivity contribution in [3.63, 3.8) is 0 Å². The molecule has 0 radical (unpaired) electrons. The van der Waals surface area contributed by atoms with Gasteiger partial charge in [-0.1, -0.05) is 29.5 Å². The average Bonchev–Trinajstić information content (AvgIpc) is 2.76. The summed E-state index contributed by atoms with van der Waals surface area (Å²) in [5.41, 5.74) is 0.259. The number of aromatic nitrogens is 2.